The molecule has 0 unspecified atom stereocenters. The Morgan fingerprint density at radius 3 is 2.29 bits per heavy atom. The molecule has 0 fully saturated rings. The molecule has 2 aliphatic heterocycles. The van der Waals surface area contributed by atoms with E-state index in [0.717, 1.165) is 33.4 Å². The molecule has 0 aromatic heterocycles. The summed E-state index contributed by atoms with van der Waals surface area (Å²) in [5.41, 5.74) is 10.2. The van der Waals surface area contributed by atoms with Crippen LogP contribution in [0.1, 0.15) is 47.6 Å². The van der Waals surface area contributed by atoms with E-state index in [1.165, 1.54) is 44.8 Å². The van der Waals surface area contributed by atoms with Crippen LogP contribution >= 0.6 is 43.6 Å². The molecule has 2 heterocycles. The summed E-state index contributed by atoms with van der Waals surface area (Å²) in [6, 6.07) is 26.3. The Bertz CT molecular complexity index is 1400. The number of nitrogens with zero attached hydrogens (tertiary/aromatic N) is 2. The Morgan fingerprint density at radius 1 is 0.886 bits per heavy atom. The molecule has 0 spiro atoms. The highest BCUT2D eigenvalue weighted by molar-refractivity contribution is 9.10. The number of hydrogen-bond donors (Lipinski definition) is 0. The van der Waals surface area contributed by atoms with Crippen molar-refractivity contribution >= 4 is 60.6 Å². The molecule has 0 radical (unpaired) electrons. The minimum Gasteiger partial charge on any atom is -0.308 e. The lowest BCUT2D eigenvalue weighted by Gasteiger charge is -2.40. The molecule has 0 bridgehead atoms. The largest absolute Gasteiger partial charge is 0.308 e. The number of benzene rings is 3. The average molecular weight is 604 g/mol. The number of amidine groups is 1. The maximum atomic E-state index is 5.29. The zero-order valence-electron chi connectivity index (χ0n) is 19.3. The van der Waals surface area contributed by atoms with E-state index in [-0.39, 0.29) is 6.04 Å². The van der Waals surface area contributed by atoms with Crippen LogP contribution in [0.3, 0.4) is 0 Å². The fourth-order valence-corrected chi connectivity index (χ4v) is 6.51. The Morgan fingerprint density at radius 2 is 1.57 bits per heavy atom. The van der Waals surface area contributed by atoms with Gasteiger partial charge in [0.2, 0.25) is 0 Å². The van der Waals surface area contributed by atoms with E-state index in [1.54, 1.807) is 11.8 Å². The van der Waals surface area contributed by atoms with Gasteiger partial charge in [0.1, 0.15) is 0 Å². The van der Waals surface area contributed by atoms with Crippen molar-refractivity contribution in [1.82, 2.24) is 4.90 Å². The molecule has 2 nitrogen and oxygen atoms in total. The first-order valence-corrected chi connectivity index (χ1v) is 14.3. The van der Waals surface area contributed by atoms with Crippen LogP contribution in [-0.4, -0.2) is 10.1 Å². The lowest BCUT2D eigenvalue weighted by atomic mass is 9.83. The number of fused-ring (bicyclic) bond motifs is 1. The number of aryl methyl sites for hydroxylation is 1. The second-order valence-corrected chi connectivity index (χ2v) is 11.8. The lowest BCUT2D eigenvalue weighted by Crippen LogP contribution is -2.34. The highest BCUT2D eigenvalue weighted by atomic mass is 79.9. The summed E-state index contributed by atoms with van der Waals surface area (Å²) < 4.78 is 2.20. The maximum absolute atomic E-state index is 5.29. The molecule has 0 saturated heterocycles. The summed E-state index contributed by atoms with van der Waals surface area (Å²) in [6.07, 6.45) is 5.59. The van der Waals surface area contributed by atoms with Crippen LogP contribution in [0.25, 0.3) is 11.8 Å². The summed E-state index contributed by atoms with van der Waals surface area (Å²) in [4.78, 5) is 7.75. The molecule has 3 aromatic carbocycles. The van der Waals surface area contributed by atoms with Crippen molar-refractivity contribution in [3.8, 4) is 0 Å². The van der Waals surface area contributed by atoms with Crippen LogP contribution in [0.4, 0.5) is 0 Å². The van der Waals surface area contributed by atoms with Gasteiger partial charge in [-0.25, -0.2) is 4.99 Å². The topological polar surface area (TPSA) is 15.6 Å². The Hall–Kier alpha value is -2.34. The van der Waals surface area contributed by atoms with Gasteiger partial charge in [0.25, 0.3) is 0 Å². The monoisotopic (exact) mass is 602 g/mol. The van der Waals surface area contributed by atoms with Gasteiger partial charge in [-0.2, -0.15) is 0 Å². The summed E-state index contributed by atoms with van der Waals surface area (Å²) in [5, 5.41) is 3.34. The highest BCUT2D eigenvalue weighted by Crippen LogP contribution is 2.51. The Labute approximate surface area is 227 Å². The van der Waals surface area contributed by atoms with Gasteiger partial charge in [-0.3, -0.25) is 0 Å². The fourth-order valence-electron chi connectivity index (χ4n) is 5.06. The van der Waals surface area contributed by atoms with E-state index in [9.17, 15) is 0 Å². The van der Waals surface area contributed by atoms with Crippen LogP contribution in [0.5, 0.6) is 0 Å². The molecular formula is C30H24Br2N2S. The molecule has 174 valence electrons. The van der Waals surface area contributed by atoms with Crippen molar-refractivity contribution < 1.29 is 0 Å². The van der Waals surface area contributed by atoms with Crippen LogP contribution in [0, 0.1) is 6.92 Å². The van der Waals surface area contributed by atoms with Gasteiger partial charge in [-0.05, 0) is 84.4 Å². The molecular weight excluding hydrogens is 580 g/mol. The smallest absolute Gasteiger partial charge is 0.174 e. The van der Waals surface area contributed by atoms with Crippen LogP contribution in [0.2, 0.25) is 0 Å². The predicted octanol–water partition coefficient (Wildman–Crippen LogP) is 9.50. The number of hydrogen-bond acceptors (Lipinski definition) is 3. The molecule has 35 heavy (non-hydrogen) atoms. The number of allylic oxidation sites excluding steroid dienone is 1. The third kappa shape index (κ3) is 4.50. The second kappa shape index (κ2) is 9.61. The Balaban J connectivity index is 1.48. The summed E-state index contributed by atoms with van der Waals surface area (Å²) in [7, 11) is 0. The molecule has 1 aliphatic carbocycles. The van der Waals surface area contributed by atoms with Gasteiger partial charge in [0, 0.05) is 14.4 Å². The Kier molecular flexibility index (Phi) is 6.34. The first-order valence-electron chi connectivity index (χ1n) is 11.8. The number of thioether (sulfide) groups is 1. The van der Waals surface area contributed by atoms with Crippen molar-refractivity contribution in [1.29, 1.82) is 0 Å². The number of aliphatic imine (C=N–C) groups is 1. The minimum atomic E-state index is 0.141. The number of halogens is 2. The molecule has 3 aromatic rings. The standard InChI is InChI=1S/C30H24Br2N2S/c1-19-5-9-21(10-6-19)27-18-35-30-33-28-23(17-20-7-13-24(31)14-8-20)3-2-4-26(28)29(34(27)30)22-11-15-25(32)16-12-22/h5-18,29H,2-4H2,1H3/b23-17+/t29-/m1/s1. The lowest BCUT2D eigenvalue weighted by molar-refractivity contribution is 0.458. The molecule has 0 saturated carbocycles. The molecule has 0 N–H and O–H groups in total. The van der Waals surface area contributed by atoms with E-state index in [1.807, 2.05) is 0 Å². The van der Waals surface area contributed by atoms with E-state index >= 15 is 0 Å². The van der Waals surface area contributed by atoms with Crippen molar-refractivity contribution in [2.24, 2.45) is 4.99 Å². The molecule has 6 rings (SSSR count). The van der Waals surface area contributed by atoms with Gasteiger partial charge in [-0.15, -0.1) is 0 Å². The van der Waals surface area contributed by atoms with Crippen LogP contribution < -0.4 is 0 Å². The second-order valence-electron chi connectivity index (χ2n) is 9.15. The van der Waals surface area contributed by atoms with Crippen molar-refractivity contribution in [2.45, 2.75) is 32.2 Å². The first-order chi connectivity index (χ1) is 17.1. The van der Waals surface area contributed by atoms with Crippen molar-refractivity contribution in [2.75, 3.05) is 0 Å². The summed E-state index contributed by atoms with van der Waals surface area (Å²) in [6.45, 7) is 2.14. The quantitative estimate of drug-likeness (QED) is 0.296. The van der Waals surface area contributed by atoms with Crippen LogP contribution in [0.15, 0.2) is 109 Å². The van der Waals surface area contributed by atoms with Gasteiger partial charge in [0.15, 0.2) is 5.17 Å². The van der Waals surface area contributed by atoms with E-state index in [4.69, 9.17) is 4.99 Å². The van der Waals surface area contributed by atoms with E-state index in [2.05, 4.69) is 128 Å². The normalized spacial score (nSPS) is 20.5. The van der Waals surface area contributed by atoms with Gasteiger partial charge >= 0.3 is 0 Å². The van der Waals surface area contributed by atoms with Crippen molar-refractivity contribution in [3.63, 3.8) is 0 Å². The molecule has 3 aliphatic rings. The SMILES string of the molecule is Cc1ccc(C2=CSC3=NC4=C(CCC/C4=C\c4ccc(Br)cc4)[C@@H](c4ccc(Br)cc4)N23)cc1. The summed E-state index contributed by atoms with van der Waals surface area (Å²) >= 11 is 8.92. The third-order valence-corrected chi connectivity index (χ3v) is 8.68. The zero-order chi connectivity index (χ0) is 23.9. The van der Waals surface area contributed by atoms with Crippen LogP contribution in [-0.2, 0) is 0 Å². The zero-order valence-corrected chi connectivity index (χ0v) is 23.3. The average Bonchev–Trinajstić information content (AvgIpc) is 3.29. The molecule has 1 atom stereocenters. The van der Waals surface area contributed by atoms with Gasteiger partial charge < -0.3 is 4.90 Å². The number of rotatable bonds is 3. The van der Waals surface area contributed by atoms with E-state index < -0.39 is 0 Å². The summed E-state index contributed by atoms with van der Waals surface area (Å²) in [5.74, 6) is 0. The maximum Gasteiger partial charge on any atom is 0.174 e. The fraction of sp³-hybridized carbons (Fsp3) is 0.167. The molecule has 5 heteroatoms. The van der Waals surface area contributed by atoms with E-state index in [0.29, 0.717) is 0 Å². The highest BCUT2D eigenvalue weighted by Gasteiger charge is 2.40. The van der Waals surface area contributed by atoms with Crippen molar-refractivity contribution in [3.05, 3.63) is 126 Å². The molecule has 0 amide bonds. The van der Waals surface area contributed by atoms with Gasteiger partial charge in [-0.1, -0.05) is 97.7 Å². The third-order valence-electron chi connectivity index (χ3n) is 6.78. The van der Waals surface area contributed by atoms with Gasteiger partial charge in [0.05, 0.1) is 17.4 Å². The predicted molar refractivity (Wildman–Crippen MR) is 156 cm³/mol. The minimum absolute atomic E-state index is 0.141. The first kappa shape index (κ1) is 23.1.